The minimum atomic E-state index is -4.78. The van der Waals surface area contributed by atoms with Crippen molar-refractivity contribution in [2.75, 3.05) is 24.5 Å². The number of hydrogen-bond acceptors (Lipinski definition) is 5. The number of halogens is 3. The summed E-state index contributed by atoms with van der Waals surface area (Å²) in [7, 11) is -3.57. The van der Waals surface area contributed by atoms with E-state index in [4.69, 9.17) is 0 Å². The Bertz CT molecular complexity index is 1050. The molecule has 188 valence electrons. The Morgan fingerprint density at radius 1 is 1.06 bits per heavy atom. The first kappa shape index (κ1) is 25.5. The Morgan fingerprint density at radius 2 is 1.74 bits per heavy atom. The van der Waals surface area contributed by atoms with Gasteiger partial charge >= 0.3 is 6.18 Å². The fourth-order valence-corrected chi connectivity index (χ4v) is 7.69. The molecule has 10 heteroatoms. The van der Waals surface area contributed by atoms with Gasteiger partial charge in [-0.05, 0) is 48.4 Å². The Balaban J connectivity index is 1.58. The van der Waals surface area contributed by atoms with Crippen LogP contribution < -0.4 is 4.90 Å². The lowest BCUT2D eigenvalue weighted by molar-refractivity contribution is -0.258. The maximum Gasteiger partial charge on any atom is 0.421 e. The lowest BCUT2D eigenvalue weighted by atomic mass is 9.84. The van der Waals surface area contributed by atoms with E-state index in [0.717, 1.165) is 31.9 Å². The first-order valence-electron chi connectivity index (χ1n) is 11.7. The van der Waals surface area contributed by atoms with Crippen molar-refractivity contribution >= 4 is 27.0 Å². The second-order valence-corrected chi connectivity index (χ2v) is 12.6. The van der Waals surface area contributed by atoms with Gasteiger partial charge in [0.05, 0.1) is 0 Å². The fourth-order valence-electron chi connectivity index (χ4n) is 5.07. The van der Waals surface area contributed by atoms with Crippen molar-refractivity contribution in [3.05, 3.63) is 47.3 Å². The molecular formula is C24H31F3N2O3S2. The highest BCUT2D eigenvalue weighted by Crippen LogP contribution is 2.39. The summed E-state index contributed by atoms with van der Waals surface area (Å²) in [6.07, 6.45) is 1.89. The predicted molar refractivity (Wildman–Crippen MR) is 127 cm³/mol. The molecule has 2 fully saturated rings. The van der Waals surface area contributed by atoms with Crippen molar-refractivity contribution in [3.63, 3.8) is 0 Å². The van der Waals surface area contributed by atoms with E-state index in [0.29, 0.717) is 29.8 Å². The largest absolute Gasteiger partial charge is 0.421 e. The van der Waals surface area contributed by atoms with Gasteiger partial charge in [0, 0.05) is 31.4 Å². The maximum atomic E-state index is 13.2. The van der Waals surface area contributed by atoms with Crippen LogP contribution in [0.4, 0.5) is 18.9 Å². The third-order valence-corrected chi connectivity index (χ3v) is 10.4. The van der Waals surface area contributed by atoms with Crippen LogP contribution in [0.3, 0.4) is 0 Å². The highest BCUT2D eigenvalue weighted by molar-refractivity contribution is 7.91. The van der Waals surface area contributed by atoms with Gasteiger partial charge in [0.25, 0.3) is 10.0 Å². The van der Waals surface area contributed by atoms with Crippen LogP contribution in [-0.2, 0) is 15.6 Å². The quantitative estimate of drug-likeness (QED) is 0.561. The molecule has 1 aromatic carbocycles. The average molecular weight is 517 g/mol. The Morgan fingerprint density at radius 3 is 2.32 bits per heavy atom. The molecule has 0 amide bonds. The van der Waals surface area contributed by atoms with E-state index in [1.54, 1.807) is 34.0 Å². The van der Waals surface area contributed by atoms with E-state index in [2.05, 4.69) is 4.90 Å². The smallest absolute Gasteiger partial charge is 0.376 e. The van der Waals surface area contributed by atoms with Gasteiger partial charge in [-0.3, -0.25) is 0 Å². The number of sulfonamides is 1. The van der Waals surface area contributed by atoms with Crippen LogP contribution in [0.25, 0.3) is 0 Å². The molecule has 1 aliphatic heterocycles. The van der Waals surface area contributed by atoms with E-state index >= 15 is 0 Å². The zero-order chi connectivity index (χ0) is 24.6. The second kappa shape index (κ2) is 9.79. The minimum Gasteiger partial charge on any atom is -0.376 e. The molecular weight excluding hydrogens is 485 g/mol. The SMILES string of the molecule is CC(O)(c1ccc(N2CCN(S(=O)(=O)c3cccs3)CC2CC2CCCCC2)cc1)C(F)(F)F. The third kappa shape index (κ3) is 5.15. The standard InChI is InChI=1S/C24H31F3N2O3S2/c1-23(30,24(25,26)27)19-9-11-20(12-10-19)29-14-13-28(34(31,32)22-8-5-15-33-22)17-21(29)16-18-6-3-2-4-7-18/h5,8-12,15,18,21,30H,2-4,6-7,13-14,16-17H2,1H3. The molecule has 34 heavy (non-hydrogen) atoms. The normalized spacial score (nSPS) is 23.1. The summed E-state index contributed by atoms with van der Waals surface area (Å²) in [5.41, 5.74) is -2.40. The van der Waals surface area contributed by atoms with E-state index in [1.165, 1.54) is 42.7 Å². The zero-order valence-corrected chi connectivity index (χ0v) is 20.8. The lowest BCUT2D eigenvalue weighted by Crippen LogP contribution is -2.55. The number of thiophene rings is 1. The fraction of sp³-hybridized carbons (Fsp3) is 0.583. The molecule has 2 unspecified atom stereocenters. The van der Waals surface area contributed by atoms with Crippen molar-refractivity contribution in [2.45, 2.75) is 67.5 Å². The van der Waals surface area contributed by atoms with Gasteiger partial charge in [-0.2, -0.15) is 17.5 Å². The molecule has 4 rings (SSSR count). The van der Waals surface area contributed by atoms with Crippen LogP contribution in [0.5, 0.6) is 0 Å². The van der Waals surface area contributed by atoms with Crippen LogP contribution in [0.2, 0.25) is 0 Å². The van der Waals surface area contributed by atoms with E-state index in [-0.39, 0.29) is 11.6 Å². The molecule has 0 radical (unpaired) electrons. The zero-order valence-electron chi connectivity index (χ0n) is 19.2. The van der Waals surface area contributed by atoms with Gasteiger partial charge in [-0.1, -0.05) is 50.3 Å². The van der Waals surface area contributed by atoms with Gasteiger partial charge in [0.1, 0.15) is 4.21 Å². The second-order valence-electron chi connectivity index (χ2n) is 9.50. The summed E-state index contributed by atoms with van der Waals surface area (Å²) in [5.74, 6) is 0.510. The topological polar surface area (TPSA) is 60.9 Å². The van der Waals surface area contributed by atoms with Crippen LogP contribution in [0.15, 0.2) is 46.0 Å². The monoisotopic (exact) mass is 516 g/mol. The summed E-state index contributed by atoms with van der Waals surface area (Å²) in [5, 5.41) is 11.7. The Labute approximate surface area is 203 Å². The van der Waals surface area contributed by atoms with E-state index in [9.17, 15) is 26.7 Å². The highest BCUT2D eigenvalue weighted by atomic mass is 32.2. The summed E-state index contributed by atoms with van der Waals surface area (Å²) in [4.78, 5) is 2.13. The maximum absolute atomic E-state index is 13.2. The van der Waals surface area contributed by atoms with Crippen molar-refractivity contribution in [2.24, 2.45) is 5.92 Å². The summed E-state index contributed by atoms with van der Waals surface area (Å²) < 4.78 is 67.9. The molecule has 1 aliphatic carbocycles. The van der Waals surface area contributed by atoms with Crippen molar-refractivity contribution in [1.82, 2.24) is 4.31 Å². The number of benzene rings is 1. The molecule has 1 aromatic heterocycles. The van der Waals surface area contributed by atoms with E-state index in [1.807, 2.05) is 0 Å². The number of nitrogens with zero attached hydrogens (tertiary/aromatic N) is 2. The average Bonchev–Trinajstić information content (AvgIpc) is 3.35. The van der Waals surface area contributed by atoms with Crippen LogP contribution >= 0.6 is 11.3 Å². The minimum absolute atomic E-state index is 0.0689. The van der Waals surface area contributed by atoms with Crippen LogP contribution in [0, 0.1) is 5.92 Å². The van der Waals surface area contributed by atoms with Gasteiger partial charge < -0.3 is 10.0 Å². The number of rotatable bonds is 6. The molecule has 1 saturated heterocycles. The predicted octanol–water partition coefficient (Wildman–Crippen LogP) is 5.37. The Kier molecular flexibility index (Phi) is 7.34. The van der Waals surface area contributed by atoms with Crippen molar-refractivity contribution in [3.8, 4) is 0 Å². The summed E-state index contributed by atoms with van der Waals surface area (Å²) in [6, 6.07) is 9.11. The number of aliphatic hydroxyl groups is 1. The molecule has 5 nitrogen and oxygen atoms in total. The van der Waals surface area contributed by atoms with Crippen LogP contribution in [-0.4, -0.2) is 49.7 Å². The third-order valence-electron chi connectivity index (χ3n) is 7.18. The van der Waals surface area contributed by atoms with Gasteiger partial charge in [0.2, 0.25) is 0 Å². The van der Waals surface area contributed by atoms with E-state index < -0.39 is 21.8 Å². The summed E-state index contributed by atoms with van der Waals surface area (Å²) >= 11 is 1.20. The van der Waals surface area contributed by atoms with Crippen LogP contribution in [0.1, 0.15) is 51.0 Å². The first-order valence-corrected chi connectivity index (χ1v) is 14.0. The number of hydrogen-bond donors (Lipinski definition) is 1. The van der Waals surface area contributed by atoms with Crippen molar-refractivity contribution in [1.29, 1.82) is 0 Å². The van der Waals surface area contributed by atoms with Gasteiger partial charge in [-0.25, -0.2) is 8.42 Å². The van der Waals surface area contributed by atoms with Crippen molar-refractivity contribution < 1.29 is 26.7 Å². The molecule has 0 spiro atoms. The number of piperazine rings is 1. The number of alkyl halides is 3. The van der Waals surface area contributed by atoms with Gasteiger partial charge in [0.15, 0.2) is 5.60 Å². The highest BCUT2D eigenvalue weighted by Gasteiger charge is 2.51. The summed E-state index contributed by atoms with van der Waals surface area (Å²) in [6.45, 7) is 1.86. The first-order chi connectivity index (χ1) is 16.0. The lowest BCUT2D eigenvalue weighted by Gasteiger charge is -2.44. The molecule has 2 aliphatic rings. The molecule has 2 heterocycles. The molecule has 2 atom stereocenters. The Hall–Kier alpha value is -1.62. The molecule has 1 saturated carbocycles. The molecule has 1 N–H and O–H groups in total. The van der Waals surface area contributed by atoms with Gasteiger partial charge in [-0.15, -0.1) is 11.3 Å². The molecule has 2 aromatic rings. The molecule has 0 bridgehead atoms. The number of anilines is 1.